The first-order chi connectivity index (χ1) is 12.4. The number of carbonyl (C=O) groups is 3. The molecule has 2 amide bonds. The van der Waals surface area contributed by atoms with E-state index in [9.17, 15) is 14.4 Å². The number of benzene rings is 1. The largest absolute Gasteiger partial charge is 0.462 e. The third-order valence-electron chi connectivity index (χ3n) is 3.71. The number of carbonyl (C=O) groups excluding carboxylic acids is 3. The summed E-state index contributed by atoms with van der Waals surface area (Å²) in [6, 6.07) is 4.73. The van der Waals surface area contributed by atoms with Gasteiger partial charge in [-0.05, 0) is 37.6 Å². The van der Waals surface area contributed by atoms with E-state index in [0.29, 0.717) is 22.6 Å². The van der Waals surface area contributed by atoms with Crippen molar-refractivity contribution in [1.82, 2.24) is 0 Å². The molecule has 1 aromatic carbocycles. The summed E-state index contributed by atoms with van der Waals surface area (Å²) in [5.74, 6) is -0.761. The van der Waals surface area contributed by atoms with Crippen LogP contribution < -0.4 is 20.5 Å². The third-order valence-corrected chi connectivity index (χ3v) is 4.93. The Kier molecular flexibility index (Phi) is 4.81. The number of nitrogens with one attached hydrogen (secondary N) is 1. The Labute approximate surface area is 152 Å². The quantitative estimate of drug-likeness (QED) is 0.774. The lowest BCUT2D eigenvalue weighted by Gasteiger charge is -2.07. The van der Waals surface area contributed by atoms with Crippen molar-refractivity contribution in [2.45, 2.75) is 13.8 Å². The molecule has 3 N–H and O–H groups in total. The van der Waals surface area contributed by atoms with Gasteiger partial charge in [0.05, 0.1) is 17.0 Å². The molecule has 8 nitrogen and oxygen atoms in total. The van der Waals surface area contributed by atoms with Crippen LogP contribution in [0.2, 0.25) is 0 Å². The van der Waals surface area contributed by atoms with E-state index < -0.39 is 17.8 Å². The minimum atomic E-state index is -0.679. The van der Waals surface area contributed by atoms with Crippen molar-refractivity contribution in [3.63, 3.8) is 0 Å². The van der Waals surface area contributed by atoms with Gasteiger partial charge in [-0.25, -0.2) is 4.79 Å². The number of nitrogens with two attached hydrogens (primary N) is 1. The van der Waals surface area contributed by atoms with Crippen LogP contribution in [0.15, 0.2) is 18.2 Å². The highest BCUT2D eigenvalue weighted by molar-refractivity contribution is 7.18. The molecule has 0 spiro atoms. The fourth-order valence-corrected chi connectivity index (χ4v) is 3.54. The SMILES string of the molecule is CCOC(=O)c1c(NC(=O)c2ccc3c(c2)OCO3)sc(C(N)=O)c1C. The number of esters is 1. The van der Waals surface area contributed by atoms with Crippen LogP contribution in [-0.2, 0) is 4.74 Å². The molecule has 26 heavy (non-hydrogen) atoms. The van der Waals surface area contributed by atoms with Gasteiger partial charge in [0, 0.05) is 5.56 Å². The van der Waals surface area contributed by atoms with Gasteiger partial charge < -0.3 is 25.3 Å². The van der Waals surface area contributed by atoms with Crippen LogP contribution in [0.4, 0.5) is 5.00 Å². The normalized spacial score (nSPS) is 11.9. The molecular weight excluding hydrogens is 360 g/mol. The summed E-state index contributed by atoms with van der Waals surface area (Å²) in [5.41, 5.74) is 6.17. The van der Waals surface area contributed by atoms with Crippen molar-refractivity contribution in [3.8, 4) is 11.5 Å². The molecule has 1 aliphatic rings. The molecule has 3 rings (SSSR count). The van der Waals surface area contributed by atoms with Gasteiger partial charge in [-0.1, -0.05) is 0 Å². The highest BCUT2D eigenvalue weighted by atomic mass is 32.1. The van der Waals surface area contributed by atoms with E-state index in [1.165, 1.54) is 6.07 Å². The van der Waals surface area contributed by atoms with E-state index >= 15 is 0 Å². The lowest BCUT2D eigenvalue weighted by atomic mass is 10.1. The first kappa shape index (κ1) is 17.7. The zero-order chi connectivity index (χ0) is 18.8. The monoisotopic (exact) mass is 376 g/mol. The summed E-state index contributed by atoms with van der Waals surface area (Å²) in [6.45, 7) is 3.51. The molecule has 2 aromatic rings. The molecule has 0 aliphatic carbocycles. The van der Waals surface area contributed by atoms with Gasteiger partial charge in [0.15, 0.2) is 11.5 Å². The molecule has 0 saturated heterocycles. The van der Waals surface area contributed by atoms with E-state index in [1.54, 1.807) is 26.0 Å². The molecule has 0 atom stereocenters. The number of primary amides is 1. The van der Waals surface area contributed by atoms with Crippen LogP contribution in [-0.4, -0.2) is 31.2 Å². The first-order valence-electron chi connectivity index (χ1n) is 7.73. The zero-order valence-electron chi connectivity index (χ0n) is 14.1. The number of rotatable bonds is 5. The molecule has 136 valence electrons. The summed E-state index contributed by atoms with van der Waals surface area (Å²) in [6.07, 6.45) is 0. The third kappa shape index (κ3) is 3.21. The summed E-state index contributed by atoms with van der Waals surface area (Å²) < 4.78 is 15.5. The van der Waals surface area contributed by atoms with Crippen LogP contribution in [0, 0.1) is 6.92 Å². The fourth-order valence-electron chi connectivity index (χ4n) is 2.50. The Morgan fingerprint density at radius 3 is 2.69 bits per heavy atom. The molecule has 0 saturated carbocycles. The summed E-state index contributed by atoms with van der Waals surface area (Å²) in [5, 5.41) is 2.85. The first-order valence-corrected chi connectivity index (χ1v) is 8.55. The van der Waals surface area contributed by atoms with Crippen LogP contribution in [0.5, 0.6) is 11.5 Å². The predicted octanol–water partition coefficient (Wildman–Crippen LogP) is 2.31. The Bertz CT molecular complexity index is 905. The number of fused-ring (bicyclic) bond motifs is 1. The van der Waals surface area contributed by atoms with E-state index in [-0.39, 0.29) is 28.8 Å². The summed E-state index contributed by atoms with van der Waals surface area (Å²) in [4.78, 5) is 36.6. The minimum absolute atomic E-state index is 0.0967. The Morgan fingerprint density at radius 1 is 1.27 bits per heavy atom. The molecule has 9 heteroatoms. The van der Waals surface area contributed by atoms with E-state index in [2.05, 4.69) is 5.32 Å². The van der Waals surface area contributed by atoms with Gasteiger partial charge in [-0.2, -0.15) is 0 Å². The average Bonchev–Trinajstić information content (AvgIpc) is 3.18. The van der Waals surface area contributed by atoms with E-state index in [4.69, 9.17) is 19.9 Å². The van der Waals surface area contributed by atoms with E-state index in [1.807, 2.05) is 0 Å². The Hall–Kier alpha value is -3.07. The van der Waals surface area contributed by atoms with Crippen molar-refractivity contribution in [2.75, 3.05) is 18.7 Å². The topological polar surface area (TPSA) is 117 Å². The van der Waals surface area contributed by atoms with Crippen molar-refractivity contribution in [1.29, 1.82) is 0 Å². The van der Waals surface area contributed by atoms with Crippen LogP contribution >= 0.6 is 11.3 Å². The second-order valence-electron chi connectivity index (χ2n) is 5.37. The van der Waals surface area contributed by atoms with Crippen LogP contribution in [0.25, 0.3) is 0 Å². The zero-order valence-corrected chi connectivity index (χ0v) is 14.9. The van der Waals surface area contributed by atoms with Crippen LogP contribution in [0.3, 0.4) is 0 Å². The highest BCUT2D eigenvalue weighted by Gasteiger charge is 2.26. The maximum absolute atomic E-state index is 12.6. The number of anilines is 1. The summed E-state index contributed by atoms with van der Waals surface area (Å²) in [7, 11) is 0. The molecule has 0 fully saturated rings. The van der Waals surface area contributed by atoms with Gasteiger partial charge in [0.25, 0.3) is 11.8 Å². The Morgan fingerprint density at radius 2 is 2.00 bits per heavy atom. The molecule has 2 heterocycles. The number of hydrogen-bond acceptors (Lipinski definition) is 7. The lowest BCUT2D eigenvalue weighted by molar-refractivity contribution is 0.0527. The van der Waals surface area contributed by atoms with Gasteiger partial charge in [0.2, 0.25) is 6.79 Å². The van der Waals surface area contributed by atoms with Gasteiger partial charge >= 0.3 is 5.97 Å². The maximum Gasteiger partial charge on any atom is 0.341 e. The van der Waals surface area contributed by atoms with Crippen molar-refractivity contribution in [2.24, 2.45) is 5.73 Å². The molecule has 0 bridgehead atoms. The standard InChI is InChI=1S/C17H16N2O6S/c1-3-23-17(22)12-8(2)13(14(18)20)26-16(12)19-15(21)9-4-5-10-11(6-9)25-7-24-10/h4-6H,3,7H2,1-2H3,(H2,18,20)(H,19,21). The molecule has 0 unspecified atom stereocenters. The lowest BCUT2D eigenvalue weighted by Crippen LogP contribution is -2.15. The molecule has 0 radical (unpaired) electrons. The summed E-state index contributed by atoms with van der Waals surface area (Å²) >= 11 is 0.934. The number of thiophene rings is 1. The second-order valence-corrected chi connectivity index (χ2v) is 6.39. The van der Waals surface area contributed by atoms with Crippen LogP contribution in [0.1, 0.15) is 42.9 Å². The van der Waals surface area contributed by atoms with Gasteiger partial charge in [-0.15, -0.1) is 11.3 Å². The van der Waals surface area contributed by atoms with Crippen molar-refractivity contribution in [3.05, 3.63) is 39.8 Å². The number of hydrogen-bond donors (Lipinski definition) is 2. The number of ether oxygens (including phenoxy) is 3. The van der Waals surface area contributed by atoms with E-state index in [0.717, 1.165) is 11.3 Å². The van der Waals surface area contributed by atoms with Gasteiger partial charge in [0.1, 0.15) is 5.00 Å². The fraction of sp³-hybridized carbons (Fsp3) is 0.235. The maximum atomic E-state index is 12.6. The molecule has 1 aromatic heterocycles. The molecular formula is C17H16N2O6S. The number of amides is 2. The van der Waals surface area contributed by atoms with Gasteiger partial charge in [-0.3, -0.25) is 9.59 Å². The highest BCUT2D eigenvalue weighted by Crippen LogP contribution is 2.35. The smallest absolute Gasteiger partial charge is 0.341 e. The van der Waals surface area contributed by atoms with Crippen molar-refractivity contribution < 1.29 is 28.6 Å². The molecule has 1 aliphatic heterocycles. The average molecular weight is 376 g/mol. The minimum Gasteiger partial charge on any atom is -0.462 e. The second kappa shape index (κ2) is 7.04. The Balaban J connectivity index is 1.93. The van der Waals surface area contributed by atoms with Crippen molar-refractivity contribution >= 4 is 34.1 Å². The predicted molar refractivity (Wildman–Crippen MR) is 94.0 cm³/mol.